The number of ether oxygens (including phenoxy) is 3. The van der Waals surface area contributed by atoms with Crippen LogP contribution in [-0.2, 0) is 28.6 Å². The van der Waals surface area contributed by atoms with Crippen LogP contribution in [-0.4, -0.2) is 37.2 Å². The van der Waals surface area contributed by atoms with Crippen LogP contribution in [0, 0.1) is 0 Å². The van der Waals surface area contributed by atoms with Gasteiger partial charge in [-0.05, 0) is 116 Å². The molecule has 0 rings (SSSR count). The standard InChI is InChI=1S/C67H118O6/c1-4-7-10-13-16-19-22-25-28-31-33-36-39-42-45-48-51-54-57-60-66(69)72-63-64(62-71-65(68)59-56-53-50-47-44-41-38-35-30-27-24-21-18-15-12-9-6-3)73-67(70)61-58-55-52-49-46-43-40-37-34-32-29-26-23-20-17-14-11-8-5-2/h16,18-19,21,25,27-28,30,32-34,36,64H,4-15,17,20,22-24,26,29,31,35,37-63H2,1-3H3/b19-16-,21-18-,28-25-,30-27-,34-32-,36-33-/t64-/m1/s1. The normalized spacial score (nSPS) is 12.5. The van der Waals surface area contributed by atoms with Crippen molar-refractivity contribution in [3.8, 4) is 0 Å². The Morgan fingerprint density at radius 3 is 0.808 bits per heavy atom. The number of carbonyl (C=O) groups is 3. The van der Waals surface area contributed by atoms with Crippen molar-refractivity contribution in [2.75, 3.05) is 13.2 Å². The molecule has 0 aliphatic heterocycles. The van der Waals surface area contributed by atoms with Crippen molar-refractivity contribution in [2.45, 2.75) is 322 Å². The van der Waals surface area contributed by atoms with E-state index < -0.39 is 6.10 Å². The number of rotatable bonds is 57. The molecular formula is C67H118O6. The van der Waals surface area contributed by atoms with Gasteiger partial charge in [-0.15, -0.1) is 0 Å². The van der Waals surface area contributed by atoms with E-state index in [0.29, 0.717) is 19.3 Å². The molecular weight excluding hydrogens is 901 g/mol. The molecule has 0 amide bonds. The summed E-state index contributed by atoms with van der Waals surface area (Å²) in [7, 11) is 0. The van der Waals surface area contributed by atoms with Crippen LogP contribution in [0.2, 0.25) is 0 Å². The number of hydrogen-bond donors (Lipinski definition) is 0. The summed E-state index contributed by atoms with van der Waals surface area (Å²) in [4.78, 5) is 38.3. The summed E-state index contributed by atoms with van der Waals surface area (Å²) in [5, 5.41) is 0. The average molecular weight is 1020 g/mol. The van der Waals surface area contributed by atoms with Gasteiger partial charge in [0.25, 0.3) is 0 Å². The molecule has 0 heterocycles. The first-order valence-corrected chi connectivity index (χ1v) is 31.4. The molecule has 0 saturated carbocycles. The Bertz CT molecular complexity index is 1360. The number of hydrogen-bond acceptors (Lipinski definition) is 6. The summed E-state index contributed by atoms with van der Waals surface area (Å²) < 4.78 is 16.9. The van der Waals surface area contributed by atoms with Gasteiger partial charge >= 0.3 is 17.9 Å². The first-order valence-electron chi connectivity index (χ1n) is 31.4. The van der Waals surface area contributed by atoms with E-state index in [1.165, 1.54) is 186 Å². The molecule has 0 spiro atoms. The minimum atomic E-state index is -0.788. The highest BCUT2D eigenvalue weighted by atomic mass is 16.6. The fourth-order valence-electron chi connectivity index (χ4n) is 8.89. The Balaban J connectivity index is 4.41. The topological polar surface area (TPSA) is 78.9 Å². The maximum Gasteiger partial charge on any atom is 0.306 e. The molecule has 422 valence electrons. The lowest BCUT2D eigenvalue weighted by molar-refractivity contribution is -0.167. The molecule has 0 aromatic heterocycles. The highest BCUT2D eigenvalue weighted by Gasteiger charge is 2.19. The molecule has 6 heteroatoms. The van der Waals surface area contributed by atoms with Gasteiger partial charge < -0.3 is 14.2 Å². The SMILES string of the molecule is CCCCC/C=C\C/C=C\C/C=C\CCCCCCCCC(=O)OC[C@@H](COC(=O)CCCCCCCCC/C=C\C/C=C\CCCCC)OC(=O)CCCCCCCCC/C=C\CCCCCCCCCC. The Labute approximate surface area is 453 Å². The fourth-order valence-corrected chi connectivity index (χ4v) is 8.89. The van der Waals surface area contributed by atoms with Gasteiger partial charge in [-0.25, -0.2) is 0 Å². The van der Waals surface area contributed by atoms with Crippen LogP contribution in [0.1, 0.15) is 316 Å². The third-order valence-electron chi connectivity index (χ3n) is 13.7. The Kier molecular flexibility index (Phi) is 58.7. The molecule has 0 aromatic carbocycles. The molecule has 6 nitrogen and oxygen atoms in total. The van der Waals surface area contributed by atoms with E-state index in [4.69, 9.17) is 14.2 Å². The molecule has 0 aliphatic carbocycles. The number of unbranched alkanes of at least 4 members (excludes halogenated alkanes) is 34. The lowest BCUT2D eigenvalue weighted by Gasteiger charge is -2.18. The summed E-state index contributed by atoms with van der Waals surface area (Å²) >= 11 is 0. The summed E-state index contributed by atoms with van der Waals surface area (Å²) in [6, 6.07) is 0. The molecule has 0 saturated heterocycles. The number of carbonyl (C=O) groups excluding carboxylic acids is 3. The molecule has 1 atom stereocenters. The maximum absolute atomic E-state index is 12.9. The summed E-state index contributed by atoms with van der Waals surface area (Å²) in [5.41, 5.74) is 0. The van der Waals surface area contributed by atoms with Gasteiger partial charge in [0.05, 0.1) is 0 Å². The van der Waals surface area contributed by atoms with Gasteiger partial charge in [0, 0.05) is 19.3 Å². The van der Waals surface area contributed by atoms with Crippen LogP contribution in [0.25, 0.3) is 0 Å². The molecule has 73 heavy (non-hydrogen) atoms. The van der Waals surface area contributed by atoms with Crippen molar-refractivity contribution in [1.29, 1.82) is 0 Å². The van der Waals surface area contributed by atoms with Crippen LogP contribution >= 0.6 is 0 Å². The van der Waals surface area contributed by atoms with E-state index in [-0.39, 0.29) is 31.1 Å². The Morgan fingerprint density at radius 1 is 0.274 bits per heavy atom. The van der Waals surface area contributed by atoms with Gasteiger partial charge in [-0.2, -0.15) is 0 Å². The van der Waals surface area contributed by atoms with Gasteiger partial charge in [0.1, 0.15) is 13.2 Å². The predicted molar refractivity (Wildman–Crippen MR) is 316 cm³/mol. The largest absolute Gasteiger partial charge is 0.462 e. The van der Waals surface area contributed by atoms with E-state index in [9.17, 15) is 14.4 Å². The van der Waals surface area contributed by atoms with Crippen LogP contribution in [0.5, 0.6) is 0 Å². The van der Waals surface area contributed by atoms with Crippen molar-refractivity contribution in [2.24, 2.45) is 0 Å². The van der Waals surface area contributed by atoms with E-state index in [1.54, 1.807) is 0 Å². The zero-order valence-electron chi connectivity index (χ0n) is 48.4. The van der Waals surface area contributed by atoms with Crippen molar-refractivity contribution in [1.82, 2.24) is 0 Å². The van der Waals surface area contributed by atoms with Gasteiger partial charge in [0.2, 0.25) is 0 Å². The van der Waals surface area contributed by atoms with Crippen molar-refractivity contribution in [3.05, 3.63) is 72.9 Å². The molecule has 0 aromatic rings. The zero-order chi connectivity index (χ0) is 52.9. The van der Waals surface area contributed by atoms with Gasteiger partial charge in [-0.1, -0.05) is 254 Å². The van der Waals surface area contributed by atoms with Crippen molar-refractivity contribution < 1.29 is 28.6 Å². The molecule has 0 aliphatic rings. The van der Waals surface area contributed by atoms with Gasteiger partial charge in [-0.3, -0.25) is 14.4 Å². The molecule has 0 bridgehead atoms. The first kappa shape index (κ1) is 69.8. The van der Waals surface area contributed by atoms with Gasteiger partial charge in [0.15, 0.2) is 6.10 Å². The highest BCUT2D eigenvalue weighted by Crippen LogP contribution is 2.16. The second-order valence-corrected chi connectivity index (χ2v) is 21.0. The van der Waals surface area contributed by atoms with E-state index in [1.807, 2.05) is 0 Å². The monoisotopic (exact) mass is 1020 g/mol. The minimum absolute atomic E-state index is 0.0847. The quantitative estimate of drug-likeness (QED) is 0.0261. The second-order valence-electron chi connectivity index (χ2n) is 21.0. The lowest BCUT2D eigenvalue weighted by Crippen LogP contribution is -2.30. The van der Waals surface area contributed by atoms with Crippen molar-refractivity contribution >= 4 is 17.9 Å². The second kappa shape index (κ2) is 61.4. The Hall–Kier alpha value is -3.15. The van der Waals surface area contributed by atoms with Crippen LogP contribution in [0.15, 0.2) is 72.9 Å². The maximum atomic E-state index is 12.9. The molecule has 0 unspecified atom stereocenters. The van der Waals surface area contributed by atoms with Crippen LogP contribution in [0.3, 0.4) is 0 Å². The van der Waals surface area contributed by atoms with Crippen molar-refractivity contribution in [3.63, 3.8) is 0 Å². The minimum Gasteiger partial charge on any atom is -0.462 e. The molecule has 0 radical (unpaired) electrons. The van der Waals surface area contributed by atoms with E-state index in [0.717, 1.165) is 89.9 Å². The molecule has 0 fully saturated rings. The zero-order valence-corrected chi connectivity index (χ0v) is 48.4. The smallest absolute Gasteiger partial charge is 0.306 e. The summed E-state index contributed by atoms with van der Waals surface area (Å²) in [6.45, 7) is 6.60. The number of esters is 3. The lowest BCUT2D eigenvalue weighted by atomic mass is 10.1. The fraction of sp³-hybridized carbons (Fsp3) is 0.776. The van der Waals surface area contributed by atoms with Crippen LogP contribution in [0.4, 0.5) is 0 Å². The summed E-state index contributed by atoms with van der Waals surface area (Å²) in [6.07, 6.45) is 78.9. The molecule has 0 N–H and O–H groups in total. The Morgan fingerprint density at radius 2 is 0.493 bits per heavy atom. The third-order valence-corrected chi connectivity index (χ3v) is 13.7. The first-order chi connectivity index (χ1) is 36.0. The van der Waals surface area contributed by atoms with E-state index in [2.05, 4.69) is 93.7 Å². The van der Waals surface area contributed by atoms with Crippen LogP contribution < -0.4 is 0 Å². The van der Waals surface area contributed by atoms with E-state index >= 15 is 0 Å². The third kappa shape index (κ3) is 59.6. The summed E-state index contributed by atoms with van der Waals surface area (Å²) in [5.74, 6) is -0.896. The average Bonchev–Trinajstić information content (AvgIpc) is 3.39. The highest BCUT2D eigenvalue weighted by molar-refractivity contribution is 5.71. The predicted octanol–water partition coefficient (Wildman–Crippen LogP) is 21.3. The number of allylic oxidation sites excluding steroid dienone is 12.